The fourth-order valence-electron chi connectivity index (χ4n) is 1.40. The summed E-state index contributed by atoms with van der Waals surface area (Å²) in [7, 11) is 1.57. The third-order valence-corrected chi connectivity index (χ3v) is 2.18. The summed E-state index contributed by atoms with van der Waals surface area (Å²) in [6.45, 7) is 2.85. The lowest BCUT2D eigenvalue weighted by Crippen LogP contribution is -2.22. The van der Waals surface area contributed by atoms with Crippen LogP contribution < -0.4 is 15.4 Å². The Hall–Kier alpha value is -2.15. The highest BCUT2D eigenvalue weighted by molar-refractivity contribution is 5.95. The molecule has 0 atom stereocenters. The number of nitrogens with one attached hydrogen (secondary N) is 2. The molecule has 17 heavy (non-hydrogen) atoms. The van der Waals surface area contributed by atoms with E-state index >= 15 is 0 Å². The fraction of sp³-hybridized carbons (Fsp3) is 0.308. The Bertz CT molecular complexity index is 436. The van der Waals surface area contributed by atoms with Gasteiger partial charge in [-0.3, -0.25) is 4.79 Å². The minimum atomic E-state index is -0.112. The largest absolute Gasteiger partial charge is 0.495 e. The second kappa shape index (κ2) is 6.44. The predicted octanol–water partition coefficient (Wildman–Crippen LogP) is 1.49. The van der Waals surface area contributed by atoms with Crippen LogP contribution in [-0.4, -0.2) is 26.1 Å². The van der Waals surface area contributed by atoms with Crippen LogP contribution in [0, 0.1) is 12.3 Å². The minimum Gasteiger partial charge on any atom is -0.495 e. The Morgan fingerprint density at radius 2 is 2.29 bits per heavy atom. The zero-order chi connectivity index (χ0) is 12.7. The third-order valence-electron chi connectivity index (χ3n) is 2.18. The molecule has 1 rings (SSSR count). The standard InChI is InChI=1S/C13H16N2O2/c1-4-8-15-11-9-10(13(16)14-5-2)6-7-12(11)17-3/h1,6-7,9,15H,5,8H2,2-3H3,(H,14,16). The lowest BCUT2D eigenvalue weighted by Gasteiger charge is -2.11. The number of ether oxygens (including phenoxy) is 1. The number of amides is 1. The molecule has 0 bridgehead atoms. The molecule has 0 aliphatic heterocycles. The quantitative estimate of drug-likeness (QED) is 0.756. The molecule has 0 saturated heterocycles. The average Bonchev–Trinajstić information content (AvgIpc) is 2.36. The van der Waals surface area contributed by atoms with Crippen LogP contribution in [-0.2, 0) is 0 Å². The molecule has 0 unspecified atom stereocenters. The van der Waals surface area contributed by atoms with Crippen LogP contribution in [0.5, 0.6) is 5.75 Å². The summed E-state index contributed by atoms with van der Waals surface area (Å²) in [5, 5.41) is 5.74. The van der Waals surface area contributed by atoms with Crippen molar-refractivity contribution in [3.63, 3.8) is 0 Å². The van der Waals surface area contributed by atoms with Gasteiger partial charge in [-0.05, 0) is 25.1 Å². The first-order chi connectivity index (χ1) is 8.22. The van der Waals surface area contributed by atoms with Gasteiger partial charge < -0.3 is 15.4 Å². The van der Waals surface area contributed by atoms with E-state index in [-0.39, 0.29) is 5.91 Å². The molecule has 0 fully saturated rings. The number of carbonyl (C=O) groups excluding carboxylic acids is 1. The Balaban J connectivity index is 2.96. The first kappa shape index (κ1) is 12.9. The molecule has 90 valence electrons. The van der Waals surface area contributed by atoms with Gasteiger partial charge >= 0.3 is 0 Å². The van der Waals surface area contributed by atoms with E-state index in [9.17, 15) is 4.79 Å². The van der Waals surface area contributed by atoms with Crippen LogP contribution >= 0.6 is 0 Å². The maximum Gasteiger partial charge on any atom is 0.251 e. The van der Waals surface area contributed by atoms with Gasteiger partial charge in [-0.25, -0.2) is 0 Å². The third kappa shape index (κ3) is 3.42. The molecule has 1 aromatic rings. The molecule has 0 saturated carbocycles. The highest BCUT2D eigenvalue weighted by Gasteiger charge is 2.08. The van der Waals surface area contributed by atoms with Crippen LogP contribution in [0.2, 0.25) is 0 Å². The van der Waals surface area contributed by atoms with E-state index < -0.39 is 0 Å². The molecule has 4 heteroatoms. The van der Waals surface area contributed by atoms with Gasteiger partial charge in [0.15, 0.2) is 0 Å². The minimum absolute atomic E-state index is 0.112. The number of terminal acetylenes is 1. The van der Waals surface area contributed by atoms with Crippen LogP contribution in [0.15, 0.2) is 18.2 Å². The summed E-state index contributed by atoms with van der Waals surface area (Å²) >= 11 is 0. The Kier molecular flexibility index (Phi) is 4.89. The van der Waals surface area contributed by atoms with Gasteiger partial charge in [0, 0.05) is 12.1 Å². The van der Waals surface area contributed by atoms with Gasteiger partial charge in [0.25, 0.3) is 5.91 Å². The summed E-state index contributed by atoms with van der Waals surface area (Å²) in [6, 6.07) is 5.18. The van der Waals surface area contributed by atoms with E-state index in [1.54, 1.807) is 25.3 Å². The molecule has 0 spiro atoms. The van der Waals surface area contributed by atoms with Crippen LogP contribution in [0.25, 0.3) is 0 Å². The van der Waals surface area contributed by atoms with Crippen molar-refractivity contribution in [3.05, 3.63) is 23.8 Å². The van der Waals surface area contributed by atoms with Crippen molar-refractivity contribution in [3.8, 4) is 18.1 Å². The van der Waals surface area contributed by atoms with E-state index in [1.165, 1.54) is 0 Å². The molecule has 1 amide bonds. The molecule has 0 radical (unpaired) electrons. The van der Waals surface area contributed by atoms with Crippen molar-refractivity contribution >= 4 is 11.6 Å². The molecule has 0 aliphatic carbocycles. The van der Waals surface area contributed by atoms with Crippen LogP contribution in [0.3, 0.4) is 0 Å². The molecule has 0 aromatic heterocycles. The number of benzene rings is 1. The van der Waals surface area contributed by atoms with Crippen molar-refractivity contribution in [1.82, 2.24) is 5.32 Å². The molecule has 1 aromatic carbocycles. The topological polar surface area (TPSA) is 50.4 Å². The molecular formula is C13H16N2O2. The van der Waals surface area contributed by atoms with Gasteiger partial charge in [0.2, 0.25) is 0 Å². The summed E-state index contributed by atoms with van der Waals surface area (Å²) in [6.07, 6.45) is 5.18. The first-order valence-electron chi connectivity index (χ1n) is 5.36. The lowest BCUT2D eigenvalue weighted by molar-refractivity contribution is 0.0956. The van der Waals surface area contributed by atoms with Gasteiger partial charge in [0.05, 0.1) is 19.3 Å². The lowest BCUT2D eigenvalue weighted by atomic mass is 10.1. The Labute approximate surface area is 101 Å². The van der Waals surface area contributed by atoms with Crippen LogP contribution in [0.1, 0.15) is 17.3 Å². The SMILES string of the molecule is C#CCNc1cc(C(=O)NCC)ccc1OC. The van der Waals surface area contributed by atoms with Gasteiger partial charge in [-0.2, -0.15) is 0 Å². The number of rotatable bonds is 5. The Morgan fingerprint density at radius 3 is 2.88 bits per heavy atom. The van der Waals surface area contributed by atoms with E-state index in [2.05, 4.69) is 16.6 Å². The normalized spacial score (nSPS) is 9.24. The average molecular weight is 232 g/mol. The zero-order valence-electron chi connectivity index (χ0n) is 10.0. The maximum absolute atomic E-state index is 11.7. The molecular weight excluding hydrogens is 216 g/mol. The number of methoxy groups -OCH3 is 1. The fourth-order valence-corrected chi connectivity index (χ4v) is 1.40. The molecule has 0 aliphatic rings. The highest BCUT2D eigenvalue weighted by atomic mass is 16.5. The van der Waals surface area contributed by atoms with Gasteiger partial charge in [-0.15, -0.1) is 6.42 Å². The highest BCUT2D eigenvalue weighted by Crippen LogP contribution is 2.25. The smallest absolute Gasteiger partial charge is 0.251 e. The number of hydrogen-bond acceptors (Lipinski definition) is 3. The zero-order valence-corrected chi connectivity index (χ0v) is 10.0. The van der Waals surface area contributed by atoms with Crippen molar-refractivity contribution in [2.75, 3.05) is 25.5 Å². The van der Waals surface area contributed by atoms with E-state index in [1.807, 2.05) is 6.92 Å². The second-order valence-corrected chi connectivity index (χ2v) is 3.33. The summed E-state index contributed by atoms with van der Waals surface area (Å²) in [5.74, 6) is 3.02. The summed E-state index contributed by atoms with van der Waals surface area (Å²) in [5.41, 5.74) is 1.29. The van der Waals surface area contributed by atoms with Gasteiger partial charge in [-0.1, -0.05) is 5.92 Å². The first-order valence-corrected chi connectivity index (χ1v) is 5.36. The molecule has 0 heterocycles. The Morgan fingerprint density at radius 1 is 1.53 bits per heavy atom. The molecule has 2 N–H and O–H groups in total. The second-order valence-electron chi connectivity index (χ2n) is 3.33. The molecule has 4 nitrogen and oxygen atoms in total. The van der Waals surface area contributed by atoms with E-state index in [4.69, 9.17) is 11.2 Å². The number of anilines is 1. The maximum atomic E-state index is 11.7. The van der Waals surface area contributed by atoms with Gasteiger partial charge in [0.1, 0.15) is 5.75 Å². The van der Waals surface area contributed by atoms with E-state index in [0.717, 1.165) is 0 Å². The number of carbonyl (C=O) groups is 1. The van der Waals surface area contributed by atoms with Crippen molar-refractivity contribution < 1.29 is 9.53 Å². The van der Waals surface area contributed by atoms with Crippen LogP contribution in [0.4, 0.5) is 5.69 Å². The van der Waals surface area contributed by atoms with Crippen molar-refractivity contribution in [1.29, 1.82) is 0 Å². The summed E-state index contributed by atoms with van der Waals surface area (Å²) in [4.78, 5) is 11.7. The number of hydrogen-bond donors (Lipinski definition) is 2. The van der Waals surface area contributed by atoms with Crippen molar-refractivity contribution in [2.24, 2.45) is 0 Å². The van der Waals surface area contributed by atoms with E-state index in [0.29, 0.717) is 30.1 Å². The monoisotopic (exact) mass is 232 g/mol. The van der Waals surface area contributed by atoms with Crippen molar-refractivity contribution in [2.45, 2.75) is 6.92 Å². The predicted molar refractivity (Wildman–Crippen MR) is 68.3 cm³/mol. The summed E-state index contributed by atoms with van der Waals surface area (Å²) < 4.78 is 5.17.